The van der Waals surface area contributed by atoms with Crippen molar-refractivity contribution >= 4 is 10.0 Å². The van der Waals surface area contributed by atoms with E-state index in [1.165, 1.54) is 22.5 Å². The number of aryl methyl sites for hydroxylation is 1. The molecule has 0 aliphatic carbocycles. The second kappa shape index (κ2) is 5.97. The first-order chi connectivity index (χ1) is 10.9. The molecule has 0 saturated carbocycles. The Labute approximate surface area is 132 Å². The van der Waals surface area contributed by atoms with Crippen molar-refractivity contribution in [3.8, 4) is 0 Å². The summed E-state index contributed by atoms with van der Waals surface area (Å²) >= 11 is 0. The molecule has 1 N–H and O–H groups in total. The molecule has 0 radical (unpaired) electrons. The minimum absolute atomic E-state index is 0.0214. The lowest BCUT2D eigenvalue weighted by atomic mass is 9.97. The van der Waals surface area contributed by atoms with Gasteiger partial charge in [-0.25, -0.2) is 17.8 Å². The molecule has 2 heterocycles. The number of nitrogens with zero attached hydrogens (tertiary/aromatic N) is 3. The van der Waals surface area contributed by atoms with E-state index < -0.39 is 34.4 Å². The zero-order valence-electron chi connectivity index (χ0n) is 12.4. The zero-order valence-corrected chi connectivity index (χ0v) is 13.2. The summed E-state index contributed by atoms with van der Waals surface area (Å²) in [5.41, 5.74) is 0. The number of aromatic amines is 1. The van der Waals surface area contributed by atoms with Gasteiger partial charge in [0.05, 0.1) is 11.6 Å². The Morgan fingerprint density at radius 1 is 1.39 bits per heavy atom. The Hall–Kier alpha value is -1.87. The Bertz CT molecular complexity index is 809. The summed E-state index contributed by atoms with van der Waals surface area (Å²) in [5, 5.41) is 6.70. The van der Waals surface area contributed by atoms with Crippen molar-refractivity contribution in [2.75, 3.05) is 19.8 Å². The first-order valence-electron chi connectivity index (χ1n) is 7.12. The van der Waals surface area contributed by atoms with Crippen molar-refractivity contribution in [2.24, 2.45) is 5.92 Å². The third-order valence-corrected chi connectivity index (χ3v) is 5.81. The molecule has 1 aliphatic heterocycles. The number of halogens is 2. The Kier molecular flexibility index (Phi) is 4.15. The van der Waals surface area contributed by atoms with Crippen LogP contribution in [0.3, 0.4) is 0 Å². The van der Waals surface area contributed by atoms with Crippen LogP contribution >= 0.6 is 0 Å². The van der Waals surface area contributed by atoms with Gasteiger partial charge in [0.25, 0.3) is 0 Å². The number of H-pyrrole nitrogens is 1. The maximum absolute atomic E-state index is 13.3. The number of rotatable bonds is 4. The van der Waals surface area contributed by atoms with E-state index in [1.807, 2.05) is 0 Å². The van der Waals surface area contributed by atoms with Gasteiger partial charge in [-0.15, -0.1) is 0 Å². The fourth-order valence-electron chi connectivity index (χ4n) is 2.78. The molecule has 1 saturated heterocycles. The number of aromatic nitrogens is 3. The van der Waals surface area contributed by atoms with Gasteiger partial charge in [0.2, 0.25) is 10.0 Å². The lowest BCUT2D eigenvalue weighted by Gasteiger charge is -2.16. The third kappa shape index (κ3) is 2.98. The standard InChI is InChI=1S/C14H16F2N4O2S/c1-9-17-14(19-18-9)13-8-20(7-10(13)6-15)23(21,22)12-4-2-3-11(16)5-12/h2-5,10,13H,6-8H2,1H3,(H,17,18,19). The molecular weight excluding hydrogens is 326 g/mol. The van der Waals surface area contributed by atoms with Crippen LogP contribution in [0, 0.1) is 18.7 Å². The molecule has 0 bridgehead atoms. The lowest BCUT2D eigenvalue weighted by molar-refractivity contribution is 0.346. The van der Waals surface area contributed by atoms with E-state index in [0.29, 0.717) is 11.6 Å². The van der Waals surface area contributed by atoms with Crippen LogP contribution in [0.15, 0.2) is 29.2 Å². The van der Waals surface area contributed by atoms with Gasteiger partial charge in [-0.3, -0.25) is 9.49 Å². The summed E-state index contributed by atoms with van der Waals surface area (Å²) in [7, 11) is -3.88. The van der Waals surface area contributed by atoms with Crippen LogP contribution in [0.1, 0.15) is 17.6 Å². The highest BCUT2D eigenvalue weighted by Crippen LogP contribution is 2.34. The average Bonchev–Trinajstić information content (AvgIpc) is 3.13. The first-order valence-corrected chi connectivity index (χ1v) is 8.56. The predicted molar refractivity (Wildman–Crippen MR) is 78.5 cm³/mol. The lowest BCUT2D eigenvalue weighted by Crippen LogP contribution is -2.29. The summed E-state index contributed by atoms with van der Waals surface area (Å²) in [6, 6.07) is 4.80. The highest BCUT2D eigenvalue weighted by Gasteiger charge is 2.41. The van der Waals surface area contributed by atoms with Crippen molar-refractivity contribution in [1.82, 2.24) is 19.5 Å². The van der Waals surface area contributed by atoms with Crippen molar-refractivity contribution in [2.45, 2.75) is 17.7 Å². The average molecular weight is 342 g/mol. The molecule has 124 valence electrons. The van der Waals surface area contributed by atoms with Crippen LogP contribution in [0.25, 0.3) is 0 Å². The number of nitrogens with one attached hydrogen (secondary N) is 1. The third-order valence-electron chi connectivity index (χ3n) is 3.99. The van der Waals surface area contributed by atoms with Crippen LogP contribution in [-0.2, 0) is 10.0 Å². The molecule has 0 spiro atoms. The smallest absolute Gasteiger partial charge is 0.243 e. The van der Waals surface area contributed by atoms with E-state index in [4.69, 9.17) is 0 Å². The molecule has 2 unspecified atom stereocenters. The molecule has 9 heteroatoms. The van der Waals surface area contributed by atoms with Gasteiger partial charge in [-0.1, -0.05) is 6.07 Å². The predicted octanol–water partition coefficient (Wildman–Crippen LogP) is 1.63. The van der Waals surface area contributed by atoms with Gasteiger partial charge in [-0.2, -0.15) is 9.40 Å². The van der Waals surface area contributed by atoms with E-state index >= 15 is 0 Å². The molecule has 0 amide bonds. The fourth-order valence-corrected chi connectivity index (χ4v) is 4.33. The molecule has 2 aromatic rings. The number of benzene rings is 1. The van der Waals surface area contributed by atoms with E-state index in [9.17, 15) is 17.2 Å². The molecule has 1 fully saturated rings. The summed E-state index contributed by atoms with van der Waals surface area (Å²) in [4.78, 5) is 4.04. The second-order valence-corrected chi connectivity index (χ2v) is 7.52. The van der Waals surface area contributed by atoms with Crippen LogP contribution in [0.2, 0.25) is 0 Å². The van der Waals surface area contributed by atoms with Gasteiger partial charge < -0.3 is 0 Å². The van der Waals surface area contributed by atoms with E-state index in [2.05, 4.69) is 15.2 Å². The molecule has 1 aromatic heterocycles. The highest BCUT2D eigenvalue weighted by atomic mass is 32.2. The number of hydrogen-bond donors (Lipinski definition) is 1. The van der Waals surface area contributed by atoms with Gasteiger partial charge >= 0.3 is 0 Å². The number of hydrogen-bond acceptors (Lipinski definition) is 4. The molecular formula is C14H16F2N4O2S. The monoisotopic (exact) mass is 342 g/mol. The van der Waals surface area contributed by atoms with E-state index in [1.54, 1.807) is 6.92 Å². The van der Waals surface area contributed by atoms with Crippen LogP contribution in [0.5, 0.6) is 0 Å². The second-order valence-electron chi connectivity index (χ2n) is 5.58. The van der Waals surface area contributed by atoms with Gasteiger partial charge in [0, 0.05) is 24.9 Å². The Morgan fingerprint density at radius 3 is 2.78 bits per heavy atom. The number of sulfonamides is 1. The molecule has 23 heavy (non-hydrogen) atoms. The minimum Gasteiger partial charge on any atom is -0.263 e. The zero-order chi connectivity index (χ0) is 16.6. The summed E-state index contributed by atoms with van der Waals surface area (Å²) in [6.07, 6.45) is 0. The molecule has 6 nitrogen and oxygen atoms in total. The largest absolute Gasteiger partial charge is 0.263 e. The Morgan fingerprint density at radius 2 is 2.17 bits per heavy atom. The van der Waals surface area contributed by atoms with Crippen molar-refractivity contribution in [1.29, 1.82) is 0 Å². The highest BCUT2D eigenvalue weighted by molar-refractivity contribution is 7.89. The summed E-state index contributed by atoms with van der Waals surface area (Å²) in [6.45, 7) is 1.14. The molecule has 1 aromatic carbocycles. The van der Waals surface area contributed by atoms with Crippen LogP contribution in [-0.4, -0.2) is 47.7 Å². The first kappa shape index (κ1) is 16.0. The van der Waals surface area contributed by atoms with Gasteiger partial charge in [0.15, 0.2) is 5.82 Å². The maximum atomic E-state index is 13.3. The van der Waals surface area contributed by atoms with Crippen molar-refractivity contribution < 1.29 is 17.2 Å². The molecule has 1 aliphatic rings. The quantitative estimate of drug-likeness (QED) is 0.916. The maximum Gasteiger partial charge on any atom is 0.243 e. The van der Waals surface area contributed by atoms with E-state index in [-0.39, 0.29) is 18.0 Å². The van der Waals surface area contributed by atoms with Crippen LogP contribution in [0.4, 0.5) is 8.78 Å². The summed E-state index contributed by atoms with van der Waals surface area (Å²) < 4.78 is 53.0. The molecule has 3 rings (SSSR count). The van der Waals surface area contributed by atoms with Crippen molar-refractivity contribution in [3.63, 3.8) is 0 Å². The number of alkyl halides is 1. The fraction of sp³-hybridized carbons (Fsp3) is 0.429. The van der Waals surface area contributed by atoms with E-state index in [0.717, 1.165) is 6.07 Å². The SMILES string of the molecule is Cc1nc(C2CN(S(=O)(=O)c3cccc(F)c3)CC2CF)n[nH]1. The van der Waals surface area contributed by atoms with Gasteiger partial charge in [0.1, 0.15) is 11.6 Å². The topological polar surface area (TPSA) is 79.0 Å². The minimum atomic E-state index is -3.88. The Balaban J connectivity index is 1.90. The van der Waals surface area contributed by atoms with Crippen molar-refractivity contribution in [3.05, 3.63) is 41.7 Å². The van der Waals surface area contributed by atoms with Crippen LogP contribution < -0.4 is 0 Å². The molecule has 2 atom stereocenters. The summed E-state index contributed by atoms with van der Waals surface area (Å²) in [5.74, 6) is -0.582. The van der Waals surface area contributed by atoms with Gasteiger partial charge in [-0.05, 0) is 25.1 Å². The normalized spacial score (nSPS) is 22.6.